The minimum atomic E-state index is -0.484. The maximum Gasteiger partial charge on any atom is 0.266 e. The van der Waals surface area contributed by atoms with Gasteiger partial charge < -0.3 is 10.6 Å². The fraction of sp³-hybridized carbons (Fsp3) is 0.462. The number of hydrogen-bond acceptors (Lipinski definition) is 5. The van der Waals surface area contributed by atoms with E-state index in [1.807, 2.05) is 25.3 Å². The minimum absolute atomic E-state index is 0.00273. The molecule has 1 aromatic heterocycles. The molecule has 0 unspecified atom stereocenters. The third kappa shape index (κ3) is 2.31. The van der Waals surface area contributed by atoms with E-state index in [1.165, 1.54) is 0 Å². The molecular weight excluding hydrogens is 244 g/mol. The quantitative estimate of drug-likeness (QED) is 0.833. The number of pyridine rings is 1. The summed E-state index contributed by atoms with van der Waals surface area (Å²) in [6, 6.07) is 4.07. The van der Waals surface area contributed by atoms with Crippen molar-refractivity contribution in [3.05, 3.63) is 29.6 Å². The molecular formula is C13H16N4O2. The van der Waals surface area contributed by atoms with Crippen LogP contribution in [0.15, 0.2) is 23.5 Å². The van der Waals surface area contributed by atoms with E-state index in [-0.39, 0.29) is 12.0 Å². The molecule has 2 aliphatic rings. The topological polar surface area (TPSA) is 80.8 Å². The van der Waals surface area contributed by atoms with Crippen molar-refractivity contribution < 1.29 is 9.63 Å². The Bertz CT molecular complexity index is 526. The Morgan fingerprint density at radius 1 is 1.53 bits per heavy atom. The van der Waals surface area contributed by atoms with Gasteiger partial charge in [-0.15, -0.1) is 0 Å². The number of aryl methyl sites for hydroxylation is 1. The van der Waals surface area contributed by atoms with Gasteiger partial charge in [-0.05, 0) is 18.6 Å². The van der Waals surface area contributed by atoms with Crippen LogP contribution in [0.2, 0.25) is 0 Å². The molecule has 2 aliphatic heterocycles. The van der Waals surface area contributed by atoms with Gasteiger partial charge in [0, 0.05) is 25.8 Å². The van der Waals surface area contributed by atoms with Crippen LogP contribution in [0.5, 0.6) is 0 Å². The first-order chi connectivity index (χ1) is 9.13. The van der Waals surface area contributed by atoms with Crippen LogP contribution in [0.25, 0.3) is 0 Å². The molecule has 100 valence electrons. The predicted molar refractivity (Wildman–Crippen MR) is 69.2 cm³/mol. The second kappa shape index (κ2) is 4.62. The van der Waals surface area contributed by atoms with Crippen molar-refractivity contribution in [2.24, 2.45) is 16.8 Å². The first kappa shape index (κ1) is 12.1. The average Bonchev–Trinajstić information content (AvgIpc) is 2.91. The van der Waals surface area contributed by atoms with E-state index in [0.29, 0.717) is 5.71 Å². The Morgan fingerprint density at radius 2 is 2.37 bits per heavy atom. The van der Waals surface area contributed by atoms with Gasteiger partial charge in [0.25, 0.3) is 5.91 Å². The third-order valence-corrected chi connectivity index (χ3v) is 3.59. The van der Waals surface area contributed by atoms with E-state index in [2.05, 4.69) is 15.0 Å². The molecule has 0 bridgehead atoms. The summed E-state index contributed by atoms with van der Waals surface area (Å²) in [5.41, 5.74) is 7.82. The highest BCUT2D eigenvalue weighted by Gasteiger charge is 2.44. The number of oxime groups is 1. The molecule has 3 rings (SSSR count). The first-order valence-electron chi connectivity index (χ1n) is 6.31. The predicted octanol–water partition coefficient (Wildman–Crippen LogP) is 0.0619. The largest absolute Gasteiger partial charge is 0.390 e. The van der Waals surface area contributed by atoms with Crippen LogP contribution >= 0.6 is 0 Å². The molecule has 0 spiro atoms. The average molecular weight is 260 g/mol. The zero-order valence-electron chi connectivity index (χ0n) is 10.7. The van der Waals surface area contributed by atoms with Crippen molar-refractivity contribution in [2.45, 2.75) is 19.6 Å². The number of nitrogens with two attached hydrogens (primary N) is 1. The van der Waals surface area contributed by atoms with E-state index in [9.17, 15) is 4.79 Å². The monoisotopic (exact) mass is 260 g/mol. The summed E-state index contributed by atoms with van der Waals surface area (Å²) < 4.78 is 0. The van der Waals surface area contributed by atoms with Gasteiger partial charge in [-0.25, -0.2) is 0 Å². The molecule has 6 nitrogen and oxygen atoms in total. The summed E-state index contributed by atoms with van der Waals surface area (Å²) in [4.78, 5) is 23.1. The lowest BCUT2D eigenvalue weighted by molar-refractivity contribution is -0.112. The summed E-state index contributed by atoms with van der Waals surface area (Å²) in [5.74, 6) is -0.481. The summed E-state index contributed by atoms with van der Waals surface area (Å²) >= 11 is 0. The Morgan fingerprint density at radius 3 is 3.05 bits per heavy atom. The molecule has 1 saturated heterocycles. The Balaban J connectivity index is 1.65. The molecule has 2 atom stereocenters. The van der Waals surface area contributed by atoms with Gasteiger partial charge in [-0.2, -0.15) is 0 Å². The number of amides is 1. The standard InChI is InChI=1S/C13H16N4O2/c1-8-2-3-9(15-4-8)5-17-6-10-11(7-17)19-16-12(10)13(14)18/h2-4,10-11H,5-7H2,1H3,(H2,14,18)/t10-,11+/m0/s1. The Kier molecular flexibility index (Phi) is 2.94. The fourth-order valence-corrected chi connectivity index (χ4v) is 2.59. The lowest BCUT2D eigenvalue weighted by Gasteiger charge is -2.15. The van der Waals surface area contributed by atoms with Gasteiger partial charge >= 0.3 is 0 Å². The van der Waals surface area contributed by atoms with Crippen LogP contribution in [0.1, 0.15) is 11.3 Å². The van der Waals surface area contributed by atoms with Gasteiger partial charge in [0.15, 0.2) is 5.71 Å². The summed E-state index contributed by atoms with van der Waals surface area (Å²) in [6.45, 7) is 4.26. The van der Waals surface area contributed by atoms with E-state index in [0.717, 1.165) is 30.9 Å². The number of carbonyl (C=O) groups is 1. The SMILES string of the molecule is Cc1ccc(CN2C[C@@H]3C(C(N)=O)=NO[C@@H]3C2)nc1. The van der Waals surface area contributed by atoms with Crippen LogP contribution in [0.3, 0.4) is 0 Å². The maximum absolute atomic E-state index is 11.2. The van der Waals surface area contributed by atoms with Crippen LogP contribution < -0.4 is 5.73 Å². The highest BCUT2D eigenvalue weighted by molar-refractivity contribution is 6.39. The summed E-state index contributed by atoms with van der Waals surface area (Å²) in [7, 11) is 0. The lowest BCUT2D eigenvalue weighted by Crippen LogP contribution is -2.32. The number of carbonyl (C=O) groups excluding carboxylic acids is 1. The Hall–Kier alpha value is -1.95. The Labute approximate surface area is 111 Å². The number of likely N-dealkylation sites (tertiary alicyclic amines) is 1. The van der Waals surface area contributed by atoms with Crippen LogP contribution in [-0.4, -0.2) is 40.7 Å². The molecule has 19 heavy (non-hydrogen) atoms. The molecule has 0 saturated carbocycles. The van der Waals surface area contributed by atoms with Crippen molar-refractivity contribution in [2.75, 3.05) is 13.1 Å². The van der Waals surface area contributed by atoms with E-state index in [1.54, 1.807) is 0 Å². The molecule has 3 heterocycles. The smallest absolute Gasteiger partial charge is 0.266 e. The van der Waals surface area contributed by atoms with Crippen molar-refractivity contribution >= 4 is 11.6 Å². The lowest BCUT2D eigenvalue weighted by atomic mass is 10.0. The summed E-state index contributed by atoms with van der Waals surface area (Å²) in [5, 5.41) is 3.77. The number of rotatable bonds is 3. The molecule has 1 amide bonds. The molecule has 1 fully saturated rings. The van der Waals surface area contributed by atoms with E-state index >= 15 is 0 Å². The van der Waals surface area contributed by atoms with Crippen molar-refractivity contribution in [3.63, 3.8) is 0 Å². The third-order valence-electron chi connectivity index (χ3n) is 3.59. The number of aromatic nitrogens is 1. The maximum atomic E-state index is 11.2. The zero-order valence-corrected chi connectivity index (χ0v) is 10.7. The van der Waals surface area contributed by atoms with Crippen LogP contribution in [-0.2, 0) is 16.2 Å². The molecule has 6 heteroatoms. The van der Waals surface area contributed by atoms with Gasteiger partial charge in [-0.1, -0.05) is 11.2 Å². The first-order valence-corrected chi connectivity index (χ1v) is 6.31. The number of fused-ring (bicyclic) bond motifs is 1. The molecule has 0 radical (unpaired) electrons. The molecule has 0 aliphatic carbocycles. The second-order valence-corrected chi connectivity index (χ2v) is 5.11. The van der Waals surface area contributed by atoms with Gasteiger partial charge in [0.05, 0.1) is 11.6 Å². The number of primary amides is 1. The molecule has 0 aromatic carbocycles. The van der Waals surface area contributed by atoms with Crippen LogP contribution in [0, 0.1) is 12.8 Å². The van der Waals surface area contributed by atoms with E-state index in [4.69, 9.17) is 10.6 Å². The zero-order chi connectivity index (χ0) is 13.4. The highest BCUT2D eigenvalue weighted by Crippen LogP contribution is 2.27. The van der Waals surface area contributed by atoms with Gasteiger partial charge in [0.2, 0.25) is 0 Å². The van der Waals surface area contributed by atoms with Crippen molar-refractivity contribution in [3.8, 4) is 0 Å². The number of nitrogens with zero attached hydrogens (tertiary/aromatic N) is 3. The van der Waals surface area contributed by atoms with E-state index < -0.39 is 5.91 Å². The highest BCUT2D eigenvalue weighted by atomic mass is 16.6. The molecule has 2 N–H and O–H groups in total. The van der Waals surface area contributed by atoms with Crippen molar-refractivity contribution in [1.29, 1.82) is 0 Å². The number of hydrogen-bond donors (Lipinski definition) is 1. The normalized spacial score (nSPS) is 25.8. The van der Waals surface area contributed by atoms with Crippen molar-refractivity contribution in [1.82, 2.24) is 9.88 Å². The summed E-state index contributed by atoms with van der Waals surface area (Å²) in [6.07, 6.45) is 1.81. The van der Waals surface area contributed by atoms with Crippen LogP contribution in [0.4, 0.5) is 0 Å². The van der Waals surface area contributed by atoms with Gasteiger partial charge in [-0.3, -0.25) is 14.7 Å². The fourth-order valence-electron chi connectivity index (χ4n) is 2.59. The second-order valence-electron chi connectivity index (χ2n) is 5.11. The minimum Gasteiger partial charge on any atom is -0.390 e. The van der Waals surface area contributed by atoms with Gasteiger partial charge in [0.1, 0.15) is 6.10 Å². The molecule has 1 aromatic rings.